The number of piperidine rings is 2. The topological polar surface area (TPSA) is 178 Å². The van der Waals surface area contributed by atoms with Crippen molar-refractivity contribution in [3.63, 3.8) is 0 Å². The van der Waals surface area contributed by atoms with Gasteiger partial charge in [-0.2, -0.15) is 0 Å². The van der Waals surface area contributed by atoms with Crippen molar-refractivity contribution in [2.75, 3.05) is 34.8 Å². The highest BCUT2D eigenvalue weighted by atomic mass is 16.3. The number of nitrogens with one attached hydrogen (secondary N) is 2. The molecule has 1 saturated carbocycles. The number of anilines is 4. The molecule has 5 aliphatic heterocycles. The molecule has 3 saturated heterocycles. The van der Waals surface area contributed by atoms with Crippen LogP contribution >= 0.6 is 0 Å². The van der Waals surface area contributed by atoms with Crippen LogP contribution in [-0.2, 0) is 49.2 Å². The summed E-state index contributed by atoms with van der Waals surface area (Å²) in [6.07, 6.45) is 14.6. The number of rotatable bonds is 9. The summed E-state index contributed by atoms with van der Waals surface area (Å²) >= 11 is 0. The molecule has 4 amide bonds. The van der Waals surface area contributed by atoms with E-state index in [-0.39, 0.29) is 47.6 Å². The number of pyridine rings is 3. The summed E-state index contributed by atoms with van der Waals surface area (Å²) in [7, 11) is 1.70. The number of amides is 4. The third-order valence-corrected chi connectivity index (χ3v) is 17.1. The highest BCUT2D eigenvalue weighted by Crippen LogP contribution is 2.55. The standard InChI is InChI=1S/C55H62N10O6/c1-32-23-55(25-38(26-55)62-16-5-6-43(62)33-7-9-40-35(20-33)30-65(51(40)69)44-10-12-48(67)59-50(44)68)14-17-61(32)37-8-11-47(57-28-37)58-42-21-36(29-60(4)52(42)70)39-13-15-56-49(41(39)31-66)64-19-18-63-45(53(64)71)22-34-24-54(2,3)27-46(34)63/h7-9,11,13,15,20-22,28-29,32,38,43-44,66H,5-6,10,12,14,16-19,23-27,30-31H2,1-4H3,(H,57,58)(H,59,67,68)/t32-,38?,43+,44?,55?/m0/s1. The monoisotopic (exact) mass is 958 g/mol. The van der Waals surface area contributed by atoms with Gasteiger partial charge in [-0.1, -0.05) is 26.0 Å². The average molecular weight is 959 g/mol. The summed E-state index contributed by atoms with van der Waals surface area (Å²) in [6.45, 7) is 10.0. The van der Waals surface area contributed by atoms with Gasteiger partial charge in [-0.25, -0.2) is 9.97 Å². The van der Waals surface area contributed by atoms with Gasteiger partial charge in [0.05, 0.1) is 18.5 Å². The Morgan fingerprint density at radius 3 is 2.46 bits per heavy atom. The molecule has 2 aliphatic carbocycles. The quantitative estimate of drug-likeness (QED) is 0.139. The molecule has 12 rings (SSSR count). The van der Waals surface area contributed by atoms with Crippen LogP contribution in [0.4, 0.5) is 23.0 Å². The zero-order valence-corrected chi connectivity index (χ0v) is 41.0. The lowest BCUT2D eigenvalue weighted by Crippen LogP contribution is -2.57. The van der Waals surface area contributed by atoms with Gasteiger partial charge in [0, 0.05) is 92.6 Å². The van der Waals surface area contributed by atoms with Crippen LogP contribution in [0.5, 0.6) is 0 Å². The summed E-state index contributed by atoms with van der Waals surface area (Å²) in [6, 6.07) is 16.4. The first-order valence-electron chi connectivity index (χ1n) is 25.5. The Labute approximate surface area is 413 Å². The lowest BCUT2D eigenvalue weighted by atomic mass is 9.58. The van der Waals surface area contributed by atoms with Gasteiger partial charge >= 0.3 is 0 Å². The fourth-order valence-electron chi connectivity index (χ4n) is 13.7. The average Bonchev–Trinajstić information content (AvgIpc) is 4.11. The maximum atomic E-state index is 14.0. The van der Waals surface area contributed by atoms with Crippen molar-refractivity contribution in [3.05, 3.63) is 117 Å². The van der Waals surface area contributed by atoms with E-state index in [2.05, 4.69) is 69.0 Å². The van der Waals surface area contributed by atoms with Crippen LogP contribution in [0, 0.1) is 10.8 Å². The van der Waals surface area contributed by atoms with Gasteiger partial charge in [0.15, 0.2) is 0 Å². The molecule has 1 unspecified atom stereocenters. The van der Waals surface area contributed by atoms with Gasteiger partial charge in [-0.15, -0.1) is 0 Å². The van der Waals surface area contributed by atoms with E-state index in [0.717, 1.165) is 62.9 Å². The number of nitrogens with zero attached hydrogens (tertiary/aromatic N) is 8. The molecule has 5 aromatic rings. The summed E-state index contributed by atoms with van der Waals surface area (Å²) in [5.74, 6) is 0.0528. The van der Waals surface area contributed by atoms with Crippen LogP contribution in [0.15, 0.2) is 71.9 Å². The van der Waals surface area contributed by atoms with Crippen LogP contribution in [0.25, 0.3) is 11.1 Å². The minimum atomic E-state index is -0.611. The number of aliphatic hydroxyl groups is 1. The van der Waals surface area contributed by atoms with Crippen LogP contribution in [0.3, 0.4) is 0 Å². The van der Waals surface area contributed by atoms with E-state index in [1.807, 2.05) is 30.5 Å². The molecule has 16 nitrogen and oxygen atoms in total. The number of likely N-dealkylation sites (tertiary alicyclic amines) is 1. The van der Waals surface area contributed by atoms with Crippen molar-refractivity contribution in [3.8, 4) is 11.1 Å². The van der Waals surface area contributed by atoms with Crippen LogP contribution in [-0.4, -0.2) is 95.4 Å². The Morgan fingerprint density at radius 2 is 1.69 bits per heavy atom. The fraction of sp³-hybridized carbons (Fsp3) is 0.473. The molecule has 368 valence electrons. The molecule has 16 heteroatoms. The first kappa shape index (κ1) is 45.5. The van der Waals surface area contributed by atoms with Crippen LogP contribution < -0.4 is 26.0 Å². The molecule has 3 atom stereocenters. The number of carbonyl (C=O) groups excluding carboxylic acids is 4. The number of carbonyl (C=O) groups is 4. The van der Waals surface area contributed by atoms with Gasteiger partial charge in [0.25, 0.3) is 17.4 Å². The number of aromatic nitrogens is 4. The van der Waals surface area contributed by atoms with Crippen molar-refractivity contribution in [2.24, 2.45) is 17.9 Å². The van der Waals surface area contributed by atoms with Crippen molar-refractivity contribution >= 4 is 46.6 Å². The van der Waals surface area contributed by atoms with E-state index >= 15 is 0 Å². The summed E-state index contributed by atoms with van der Waals surface area (Å²) < 4.78 is 3.69. The Morgan fingerprint density at radius 1 is 0.845 bits per heavy atom. The summed E-state index contributed by atoms with van der Waals surface area (Å²) in [4.78, 5) is 83.3. The predicted molar refractivity (Wildman–Crippen MR) is 268 cm³/mol. The highest BCUT2D eigenvalue weighted by molar-refractivity contribution is 6.07. The van der Waals surface area contributed by atoms with Crippen LogP contribution in [0.2, 0.25) is 0 Å². The smallest absolute Gasteiger partial charge is 0.276 e. The lowest BCUT2D eigenvalue weighted by Gasteiger charge is -2.57. The Hall–Kier alpha value is -6.65. The van der Waals surface area contributed by atoms with E-state index in [0.29, 0.717) is 94.9 Å². The molecule has 1 spiro atoms. The molecule has 9 heterocycles. The maximum Gasteiger partial charge on any atom is 0.276 e. The molecule has 3 N–H and O–H groups in total. The minimum Gasteiger partial charge on any atom is -0.392 e. The third-order valence-electron chi connectivity index (χ3n) is 17.1. The molecule has 1 aromatic carbocycles. The molecular weight excluding hydrogens is 897 g/mol. The molecule has 71 heavy (non-hydrogen) atoms. The molecule has 0 radical (unpaired) electrons. The molecule has 4 aromatic heterocycles. The minimum absolute atomic E-state index is 0.125. The third kappa shape index (κ3) is 7.75. The number of imide groups is 1. The first-order valence-corrected chi connectivity index (χ1v) is 25.5. The van der Waals surface area contributed by atoms with E-state index in [4.69, 9.17) is 4.98 Å². The molecular formula is C55H62N10O6. The van der Waals surface area contributed by atoms with Crippen molar-refractivity contribution < 1.29 is 24.3 Å². The maximum absolute atomic E-state index is 14.0. The van der Waals surface area contributed by atoms with E-state index in [1.165, 1.54) is 34.2 Å². The van der Waals surface area contributed by atoms with Crippen molar-refractivity contribution in [2.45, 2.75) is 129 Å². The second-order valence-electron chi connectivity index (χ2n) is 22.3. The number of hydrogen-bond acceptors (Lipinski definition) is 11. The van der Waals surface area contributed by atoms with Gasteiger partial charge in [-0.3, -0.25) is 39.1 Å². The second-order valence-corrected chi connectivity index (χ2v) is 22.3. The second kappa shape index (κ2) is 17.0. The molecule has 0 bridgehead atoms. The molecule has 7 aliphatic rings. The van der Waals surface area contributed by atoms with Crippen molar-refractivity contribution in [1.82, 2.24) is 34.2 Å². The number of benzene rings is 1. The van der Waals surface area contributed by atoms with Gasteiger partial charge in [-0.05, 0) is 141 Å². The Bertz CT molecular complexity index is 3100. The lowest BCUT2D eigenvalue weighted by molar-refractivity contribution is -0.136. The summed E-state index contributed by atoms with van der Waals surface area (Å²) in [5, 5.41) is 16.5. The predicted octanol–water partition coefficient (Wildman–Crippen LogP) is 6.40. The van der Waals surface area contributed by atoms with E-state index in [1.54, 1.807) is 35.3 Å². The van der Waals surface area contributed by atoms with Crippen LogP contribution in [0.1, 0.15) is 127 Å². The van der Waals surface area contributed by atoms with Gasteiger partial charge < -0.3 is 29.4 Å². The number of aliphatic hydroxyl groups excluding tert-OH is 1. The molecule has 4 fully saturated rings. The van der Waals surface area contributed by atoms with Gasteiger partial charge in [0.2, 0.25) is 11.8 Å². The number of hydrogen-bond donors (Lipinski definition) is 3. The normalized spacial score (nSPS) is 25.9. The largest absolute Gasteiger partial charge is 0.392 e. The van der Waals surface area contributed by atoms with Crippen molar-refractivity contribution in [1.29, 1.82) is 0 Å². The van der Waals surface area contributed by atoms with E-state index < -0.39 is 6.04 Å². The Kier molecular flexibility index (Phi) is 10.9. The zero-order valence-electron chi connectivity index (χ0n) is 41.0. The first-order chi connectivity index (χ1) is 34.2. The summed E-state index contributed by atoms with van der Waals surface area (Å²) in [5.41, 5.74) is 9.59. The number of fused-ring (bicyclic) bond motifs is 4. The highest BCUT2D eigenvalue weighted by Gasteiger charge is 2.51. The Balaban J connectivity index is 0.688. The zero-order chi connectivity index (χ0) is 49.1. The van der Waals surface area contributed by atoms with E-state index in [9.17, 15) is 29.1 Å². The number of aryl methyl sites for hydroxylation is 1. The van der Waals surface area contributed by atoms with Gasteiger partial charge in [0.1, 0.15) is 29.1 Å². The SMILES string of the molecule is C[C@H]1CC2(CCN1c1ccc(Nc3cc(-c4ccnc(N5CCn6c(cc7c6CC(C)(C)C7)C5=O)c4CO)cn(C)c3=O)nc1)CC(N1CCC[C@@H]1c1ccc3c(c1)CN(C1CCC(=O)NC1=O)C3=O)C2. The fourth-order valence-corrected chi connectivity index (χ4v) is 13.7.